The van der Waals surface area contributed by atoms with Crippen molar-refractivity contribution in [2.45, 2.75) is 6.92 Å². The lowest BCUT2D eigenvalue weighted by Gasteiger charge is -2.06. The van der Waals surface area contributed by atoms with Gasteiger partial charge in [0.05, 0.1) is 11.8 Å². The lowest BCUT2D eigenvalue weighted by Crippen LogP contribution is -2.14. The second kappa shape index (κ2) is 5.72. The second-order valence-electron chi connectivity index (χ2n) is 4.62. The van der Waals surface area contributed by atoms with Gasteiger partial charge in [-0.05, 0) is 25.1 Å². The molecule has 0 saturated heterocycles. The first-order chi connectivity index (χ1) is 11.0. The third kappa shape index (κ3) is 2.93. The van der Waals surface area contributed by atoms with Crippen molar-refractivity contribution >= 4 is 17.6 Å². The summed E-state index contributed by atoms with van der Waals surface area (Å²) in [5.74, 6) is -0.366. The summed E-state index contributed by atoms with van der Waals surface area (Å²) >= 11 is 0. The van der Waals surface area contributed by atoms with E-state index in [-0.39, 0.29) is 5.76 Å². The van der Waals surface area contributed by atoms with Crippen molar-refractivity contribution in [2.75, 3.05) is 5.32 Å². The summed E-state index contributed by atoms with van der Waals surface area (Å²) in [4.78, 5) is 26.2. The van der Waals surface area contributed by atoms with E-state index in [2.05, 4.69) is 15.4 Å². The first-order valence-corrected chi connectivity index (χ1v) is 6.58. The highest BCUT2D eigenvalue weighted by Gasteiger charge is 2.19. The average molecular weight is 313 g/mol. The molecule has 0 unspecified atom stereocenters. The average Bonchev–Trinajstić information content (AvgIpc) is 3.15. The number of carbonyl (C=O) groups is 1. The van der Waals surface area contributed by atoms with Crippen molar-refractivity contribution in [2.24, 2.45) is 0 Å². The first-order valence-electron chi connectivity index (χ1n) is 6.58. The number of nitro groups is 1. The van der Waals surface area contributed by atoms with Crippen LogP contribution in [0.3, 0.4) is 0 Å². The van der Waals surface area contributed by atoms with Gasteiger partial charge in [-0.2, -0.15) is 9.78 Å². The molecule has 0 aliphatic rings. The van der Waals surface area contributed by atoms with Gasteiger partial charge in [-0.25, -0.2) is 4.98 Å². The summed E-state index contributed by atoms with van der Waals surface area (Å²) < 4.78 is 6.34. The van der Waals surface area contributed by atoms with Crippen LogP contribution in [0.15, 0.2) is 47.0 Å². The van der Waals surface area contributed by atoms with Crippen LogP contribution in [0.5, 0.6) is 0 Å². The van der Waals surface area contributed by atoms with Crippen molar-refractivity contribution in [3.05, 3.63) is 64.2 Å². The minimum absolute atomic E-state index is 0.164. The van der Waals surface area contributed by atoms with Gasteiger partial charge in [-0.3, -0.25) is 14.9 Å². The largest absolute Gasteiger partial charge is 0.433 e. The van der Waals surface area contributed by atoms with Gasteiger partial charge in [0, 0.05) is 12.3 Å². The Labute approximate surface area is 129 Å². The van der Waals surface area contributed by atoms with Gasteiger partial charge in [0.2, 0.25) is 0 Å². The number of rotatable bonds is 4. The fourth-order valence-corrected chi connectivity index (χ4v) is 1.97. The van der Waals surface area contributed by atoms with Crippen molar-refractivity contribution in [3.63, 3.8) is 0 Å². The fourth-order valence-electron chi connectivity index (χ4n) is 1.97. The van der Waals surface area contributed by atoms with E-state index in [4.69, 9.17) is 4.42 Å². The van der Waals surface area contributed by atoms with Crippen LogP contribution in [0.25, 0.3) is 5.82 Å². The molecule has 116 valence electrons. The number of aryl methyl sites for hydroxylation is 1. The molecule has 0 saturated carbocycles. The summed E-state index contributed by atoms with van der Waals surface area (Å²) in [7, 11) is 0. The highest BCUT2D eigenvalue weighted by atomic mass is 16.6. The maximum Gasteiger partial charge on any atom is 0.433 e. The lowest BCUT2D eigenvalue weighted by atomic mass is 10.4. The molecule has 0 aliphatic heterocycles. The van der Waals surface area contributed by atoms with Crippen molar-refractivity contribution < 1.29 is 14.1 Å². The first kappa shape index (κ1) is 14.4. The van der Waals surface area contributed by atoms with Gasteiger partial charge >= 0.3 is 5.88 Å². The molecule has 0 atom stereocenters. The van der Waals surface area contributed by atoms with Gasteiger partial charge in [-0.1, -0.05) is 6.07 Å². The molecule has 3 aromatic rings. The quantitative estimate of drug-likeness (QED) is 0.583. The molecule has 1 amide bonds. The highest BCUT2D eigenvalue weighted by molar-refractivity contribution is 6.02. The van der Waals surface area contributed by atoms with Gasteiger partial charge in [0.25, 0.3) is 5.91 Å². The molecular formula is C14H11N5O4. The van der Waals surface area contributed by atoms with Crippen LogP contribution in [0, 0.1) is 17.0 Å². The van der Waals surface area contributed by atoms with Crippen LogP contribution >= 0.6 is 0 Å². The third-order valence-electron chi connectivity index (χ3n) is 2.93. The zero-order valence-corrected chi connectivity index (χ0v) is 12.0. The summed E-state index contributed by atoms with van der Waals surface area (Å²) in [5, 5.41) is 17.5. The predicted molar refractivity (Wildman–Crippen MR) is 79.4 cm³/mol. The van der Waals surface area contributed by atoms with Gasteiger partial charge < -0.3 is 9.73 Å². The van der Waals surface area contributed by atoms with Crippen LogP contribution in [0.4, 0.5) is 11.7 Å². The molecule has 1 N–H and O–H groups in total. The topological polar surface area (TPSA) is 116 Å². The number of hydrogen-bond donors (Lipinski definition) is 1. The van der Waals surface area contributed by atoms with E-state index < -0.39 is 16.7 Å². The number of nitrogens with one attached hydrogen (secondary N) is 1. The Morgan fingerprint density at radius 1 is 1.35 bits per heavy atom. The Kier molecular flexibility index (Phi) is 3.59. The molecule has 0 spiro atoms. The van der Waals surface area contributed by atoms with E-state index in [1.807, 2.05) is 0 Å². The van der Waals surface area contributed by atoms with E-state index in [0.717, 1.165) is 6.07 Å². The molecule has 0 aromatic carbocycles. The molecule has 3 heterocycles. The summed E-state index contributed by atoms with van der Waals surface area (Å²) in [6, 6.07) is 9.31. The maximum atomic E-state index is 12.2. The number of anilines is 1. The minimum Gasteiger partial charge on any atom is -0.395 e. The number of hydrogen-bond acceptors (Lipinski definition) is 6. The van der Waals surface area contributed by atoms with E-state index in [1.54, 1.807) is 37.4 Å². The predicted octanol–water partition coefficient (Wildman–Crippen LogP) is 2.33. The Morgan fingerprint density at radius 2 is 2.17 bits per heavy atom. The number of carbonyl (C=O) groups excluding carboxylic acids is 1. The fraction of sp³-hybridized carbons (Fsp3) is 0.0714. The zero-order valence-electron chi connectivity index (χ0n) is 12.0. The van der Waals surface area contributed by atoms with E-state index in [0.29, 0.717) is 17.3 Å². The smallest absolute Gasteiger partial charge is 0.395 e. The third-order valence-corrected chi connectivity index (χ3v) is 2.93. The molecular weight excluding hydrogens is 302 g/mol. The monoisotopic (exact) mass is 313 g/mol. The molecule has 0 bridgehead atoms. The van der Waals surface area contributed by atoms with Gasteiger partial charge in [0.1, 0.15) is 10.7 Å². The molecule has 3 rings (SSSR count). The summed E-state index contributed by atoms with van der Waals surface area (Å²) in [6.07, 6.45) is 1.60. The Balaban J connectivity index is 1.88. The number of aromatic nitrogens is 3. The van der Waals surface area contributed by atoms with Crippen LogP contribution in [0.2, 0.25) is 0 Å². The summed E-state index contributed by atoms with van der Waals surface area (Å²) in [6.45, 7) is 1.77. The molecule has 3 aromatic heterocycles. The van der Waals surface area contributed by atoms with Crippen LogP contribution in [0.1, 0.15) is 16.2 Å². The van der Waals surface area contributed by atoms with E-state index in [9.17, 15) is 14.9 Å². The number of nitrogens with zero attached hydrogens (tertiary/aromatic N) is 4. The molecule has 0 aliphatic carbocycles. The Hall–Kier alpha value is -3.49. The van der Waals surface area contributed by atoms with Crippen LogP contribution < -0.4 is 5.32 Å². The minimum atomic E-state index is -0.709. The van der Waals surface area contributed by atoms with Gasteiger partial charge in [0.15, 0.2) is 11.6 Å². The Morgan fingerprint density at radius 3 is 2.83 bits per heavy atom. The summed E-state index contributed by atoms with van der Waals surface area (Å²) in [5.41, 5.74) is 0.677. The molecule has 9 heteroatoms. The molecule has 9 nitrogen and oxygen atoms in total. The lowest BCUT2D eigenvalue weighted by molar-refractivity contribution is -0.402. The van der Waals surface area contributed by atoms with Crippen molar-refractivity contribution in [1.29, 1.82) is 0 Å². The molecule has 0 fully saturated rings. The van der Waals surface area contributed by atoms with Crippen molar-refractivity contribution in [3.8, 4) is 5.82 Å². The number of furan rings is 1. The number of pyridine rings is 1. The normalized spacial score (nSPS) is 10.5. The van der Waals surface area contributed by atoms with Crippen LogP contribution in [-0.2, 0) is 0 Å². The van der Waals surface area contributed by atoms with E-state index in [1.165, 1.54) is 10.7 Å². The Bertz CT molecular complexity index is 868. The van der Waals surface area contributed by atoms with Crippen LogP contribution in [-0.4, -0.2) is 25.6 Å². The SMILES string of the molecule is Cc1cc(NC(=O)c2ccc([N+](=O)[O-])o2)n(-c2ccccn2)n1. The molecule has 23 heavy (non-hydrogen) atoms. The highest BCUT2D eigenvalue weighted by Crippen LogP contribution is 2.19. The molecule has 0 radical (unpaired) electrons. The van der Waals surface area contributed by atoms with Gasteiger partial charge in [-0.15, -0.1) is 0 Å². The van der Waals surface area contributed by atoms with E-state index >= 15 is 0 Å². The maximum absolute atomic E-state index is 12.2. The van der Waals surface area contributed by atoms with Crippen molar-refractivity contribution in [1.82, 2.24) is 14.8 Å². The number of amides is 1. The standard InChI is InChI=1S/C14H11N5O4/c1-9-8-12(18(17-9)11-4-2-3-7-15-11)16-14(20)10-5-6-13(23-10)19(21)22/h2-8H,1H3,(H,16,20). The zero-order chi connectivity index (χ0) is 16.4. The second-order valence-corrected chi connectivity index (χ2v) is 4.62.